The molecule has 2 rings (SSSR count). The number of carbonyl (C=O) groups excluding carboxylic acids is 1. The maximum Gasteiger partial charge on any atom is 0.251 e. The highest BCUT2D eigenvalue weighted by Crippen LogP contribution is 2.15. The maximum absolute atomic E-state index is 12.2. The summed E-state index contributed by atoms with van der Waals surface area (Å²) in [5.74, 6) is -0.0554. The Bertz CT molecular complexity index is 622. The van der Waals surface area contributed by atoms with E-state index in [1.165, 1.54) is 0 Å². The van der Waals surface area contributed by atoms with Gasteiger partial charge in [-0.25, -0.2) is 4.98 Å². The minimum atomic E-state index is -0.0554. The molecule has 0 atom stereocenters. The van der Waals surface area contributed by atoms with Gasteiger partial charge in [0.1, 0.15) is 0 Å². The van der Waals surface area contributed by atoms with Crippen LogP contribution in [0, 0.1) is 13.8 Å². The molecule has 0 saturated carbocycles. The molecule has 4 nitrogen and oxygen atoms in total. The van der Waals surface area contributed by atoms with Crippen molar-refractivity contribution < 1.29 is 4.79 Å². The number of aryl methyl sites for hydroxylation is 2. The molecule has 0 aliphatic carbocycles. The van der Waals surface area contributed by atoms with Crippen molar-refractivity contribution in [2.45, 2.75) is 33.7 Å². The summed E-state index contributed by atoms with van der Waals surface area (Å²) in [7, 11) is 0. The molecule has 0 fully saturated rings. The standard InChI is InChI=1S/C16H21N3OS/c1-4-7-17-13-5-6-15(11(2)8-13)16(20)18-9-14-10-21-12(3)19-14/h5-6,8,10,17H,4,7,9H2,1-3H3,(H,18,20). The van der Waals surface area contributed by atoms with Gasteiger partial charge >= 0.3 is 0 Å². The third-order valence-corrected chi connectivity index (χ3v) is 3.97. The van der Waals surface area contributed by atoms with Crippen molar-refractivity contribution in [3.8, 4) is 0 Å². The lowest BCUT2D eigenvalue weighted by molar-refractivity contribution is 0.0950. The lowest BCUT2D eigenvalue weighted by Crippen LogP contribution is -2.23. The summed E-state index contributed by atoms with van der Waals surface area (Å²) in [4.78, 5) is 16.6. The molecule has 2 aromatic rings. The summed E-state index contributed by atoms with van der Waals surface area (Å²) in [6, 6.07) is 5.83. The van der Waals surface area contributed by atoms with Crippen LogP contribution in [0.1, 0.15) is 40.0 Å². The largest absolute Gasteiger partial charge is 0.385 e. The first kappa shape index (κ1) is 15.5. The monoisotopic (exact) mass is 303 g/mol. The van der Waals surface area contributed by atoms with Crippen LogP contribution in [0.15, 0.2) is 23.6 Å². The number of nitrogens with one attached hydrogen (secondary N) is 2. The van der Waals surface area contributed by atoms with E-state index >= 15 is 0 Å². The average molecular weight is 303 g/mol. The number of carbonyl (C=O) groups is 1. The predicted octanol–water partition coefficient (Wildman–Crippen LogP) is 3.51. The quantitative estimate of drug-likeness (QED) is 0.858. The van der Waals surface area contributed by atoms with Crippen molar-refractivity contribution in [1.29, 1.82) is 0 Å². The Balaban J connectivity index is 1.98. The first-order chi connectivity index (χ1) is 10.1. The van der Waals surface area contributed by atoms with Gasteiger partial charge in [0, 0.05) is 23.2 Å². The first-order valence-electron chi connectivity index (χ1n) is 7.14. The Morgan fingerprint density at radius 2 is 2.14 bits per heavy atom. The van der Waals surface area contributed by atoms with E-state index in [1.54, 1.807) is 11.3 Å². The summed E-state index contributed by atoms with van der Waals surface area (Å²) < 4.78 is 0. The summed E-state index contributed by atoms with van der Waals surface area (Å²) in [5.41, 5.74) is 3.65. The van der Waals surface area contributed by atoms with Crippen LogP contribution in [0.2, 0.25) is 0 Å². The smallest absolute Gasteiger partial charge is 0.251 e. The number of amides is 1. The number of benzene rings is 1. The number of nitrogens with zero attached hydrogens (tertiary/aromatic N) is 1. The number of rotatable bonds is 6. The fourth-order valence-corrected chi connectivity index (χ4v) is 2.67. The number of hydrogen-bond acceptors (Lipinski definition) is 4. The van der Waals surface area contributed by atoms with Gasteiger partial charge in [-0.3, -0.25) is 4.79 Å². The molecule has 21 heavy (non-hydrogen) atoms. The van der Waals surface area contributed by atoms with Gasteiger partial charge in [0.2, 0.25) is 0 Å². The molecule has 1 aromatic heterocycles. The van der Waals surface area contributed by atoms with Crippen molar-refractivity contribution in [3.63, 3.8) is 0 Å². The molecule has 0 aliphatic heterocycles. The van der Waals surface area contributed by atoms with E-state index in [0.717, 1.165) is 34.9 Å². The van der Waals surface area contributed by atoms with Crippen molar-refractivity contribution >= 4 is 22.9 Å². The van der Waals surface area contributed by atoms with E-state index in [4.69, 9.17) is 0 Å². The molecular weight excluding hydrogens is 282 g/mol. The van der Waals surface area contributed by atoms with Gasteiger partial charge in [-0.15, -0.1) is 11.3 Å². The Morgan fingerprint density at radius 1 is 1.33 bits per heavy atom. The first-order valence-corrected chi connectivity index (χ1v) is 8.02. The van der Waals surface area contributed by atoms with Crippen LogP contribution in [0.5, 0.6) is 0 Å². The molecule has 1 heterocycles. The minimum absolute atomic E-state index is 0.0554. The molecule has 0 aliphatic rings. The fourth-order valence-electron chi connectivity index (χ4n) is 2.05. The van der Waals surface area contributed by atoms with Crippen LogP contribution < -0.4 is 10.6 Å². The van der Waals surface area contributed by atoms with E-state index < -0.39 is 0 Å². The zero-order valence-corrected chi connectivity index (χ0v) is 13.5. The SMILES string of the molecule is CCCNc1ccc(C(=O)NCc2csc(C)n2)c(C)c1. The molecule has 112 valence electrons. The molecule has 0 bridgehead atoms. The molecule has 1 amide bonds. The number of anilines is 1. The highest BCUT2D eigenvalue weighted by Gasteiger charge is 2.10. The fraction of sp³-hybridized carbons (Fsp3) is 0.375. The van der Waals surface area contributed by atoms with Crippen LogP contribution >= 0.6 is 11.3 Å². The lowest BCUT2D eigenvalue weighted by Gasteiger charge is -2.10. The molecule has 0 spiro atoms. The Kier molecular flexibility index (Phi) is 5.33. The predicted molar refractivity (Wildman–Crippen MR) is 88.0 cm³/mol. The number of hydrogen-bond donors (Lipinski definition) is 2. The minimum Gasteiger partial charge on any atom is -0.385 e. The molecular formula is C16H21N3OS. The van der Waals surface area contributed by atoms with Crippen LogP contribution in [0.25, 0.3) is 0 Å². The molecule has 5 heteroatoms. The van der Waals surface area contributed by atoms with Crippen LogP contribution in [-0.4, -0.2) is 17.4 Å². The Labute approximate surface area is 129 Å². The van der Waals surface area contributed by atoms with E-state index in [-0.39, 0.29) is 5.91 Å². The highest BCUT2D eigenvalue weighted by molar-refractivity contribution is 7.09. The molecule has 0 saturated heterocycles. The van der Waals surface area contributed by atoms with E-state index in [9.17, 15) is 4.79 Å². The highest BCUT2D eigenvalue weighted by atomic mass is 32.1. The second-order valence-electron chi connectivity index (χ2n) is 5.00. The van der Waals surface area contributed by atoms with Gasteiger partial charge in [0.05, 0.1) is 17.2 Å². The summed E-state index contributed by atoms with van der Waals surface area (Å²) in [5, 5.41) is 9.23. The second-order valence-corrected chi connectivity index (χ2v) is 6.06. The number of aromatic nitrogens is 1. The second kappa shape index (κ2) is 7.22. The van der Waals surface area contributed by atoms with Crippen LogP contribution in [0.3, 0.4) is 0 Å². The third-order valence-electron chi connectivity index (χ3n) is 3.15. The Morgan fingerprint density at radius 3 is 2.76 bits per heavy atom. The van der Waals surface area contributed by atoms with Gasteiger partial charge in [0.25, 0.3) is 5.91 Å². The van der Waals surface area contributed by atoms with Crippen LogP contribution in [-0.2, 0) is 6.54 Å². The maximum atomic E-state index is 12.2. The van der Waals surface area contributed by atoms with Gasteiger partial charge in [-0.2, -0.15) is 0 Å². The summed E-state index contributed by atoms with van der Waals surface area (Å²) in [6.45, 7) is 7.45. The van der Waals surface area contributed by atoms with Crippen molar-refractivity contribution in [2.24, 2.45) is 0 Å². The molecule has 1 aromatic carbocycles. The van der Waals surface area contributed by atoms with Gasteiger partial charge < -0.3 is 10.6 Å². The lowest BCUT2D eigenvalue weighted by atomic mass is 10.1. The molecule has 0 unspecified atom stereocenters. The Hall–Kier alpha value is -1.88. The third kappa shape index (κ3) is 4.29. The van der Waals surface area contributed by atoms with E-state index in [1.807, 2.05) is 37.4 Å². The van der Waals surface area contributed by atoms with Gasteiger partial charge in [-0.1, -0.05) is 6.92 Å². The molecule has 2 N–H and O–H groups in total. The summed E-state index contributed by atoms with van der Waals surface area (Å²) >= 11 is 1.59. The normalized spacial score (nSPS) is 10.4. The van der Waals surface area contributed by atoms with E-state index in [0.29, 0.717) is 12.1 Å². The molecule has 0 radical (unpaired) electrons. The van der Waals surface area contributed by atoms with Crippen molar-refractivity contribution in [3.05, 3.63) is 45.4 Å². The average Bonchev–Trinajstić information content (AvgIpc) is 2.88. The van der Waals surface area contributed by atoms with Gasteiger partial charge in [-0.05, 0) is 44.0 Å². The zero-order chi connectivity index (χ0) is 15.2. The summed E-state index contributed by atoms with van der Waals surface area (Å²) in [6.07, 6.45) is 1.08. The topological polar surface area (TPSA) is 54.0 Å². The zero-order valence-electron chi connectivity index (χ0n) is 12.7. The van der Waals surface area contributed by atoms with Gasteiger partial charge in [0.15, 0.2) is 0 Å². The number of thiazole rings is 1. The van der Waals surface area contributed by atoms with E-state index in [2.05, 4.69) is 22.5 Å². The van der Waals surface area contributed by atoms with Crippen LogP contribution in [0.4, 0.5) is 5.69 Å². The van der Waals surface area contributed by atoms with Crippen molar-refractivity contribution in [1.82, 2.24) is 10.3 Å². The van der Waals surface area contributed by atoms with Crippen molar-refractivity contribution in [2.75, 3.05) is 11.9 Å².